The summed E-state index contributed by atoms with van der Waals surface area (Å²) >= 11 is 7.78. The average Bonchev–Trinajstić information content (AvgIpc) is 2.88. The topological polar surface area (TPSA) is 97.1 Å². The van der Waals surface area contributed by atoms with Gasteiger partial charge in [0.1, 0.15) is 5.03 Å². The third-order valence-electron chi connectivity index (χ3n) is 5.16. The van der Waals surface area contributed by atoms with Crippen LogP contribution in [0, 0.1) is 0 Å². The fraction of sp³-hybridized carbons (Fsp3) is 0.0741. The molecule has 6 nitrogen and oxygen atoms in total. The third kappa shape index (κ3) is 6.48. The van der Waals surface area contributed by atoms with E-state index in [1.54, 1.807) is 36.5 Å². The number of hydrogen-bond acceptors (Lipinski definition) is 5. The standard InChI is InChI=1S/C27H23ClN4O2S/c28-24-15-20(12-13-22(24)25(33)31-17-19-10-8-18(16-29)9-11-19)32-26(34)23-7-4-14-30-27(23)35-21-5-2-1-3-6-21/h1-15H,16-17,29H2,(H,31,33)(H,32,34). The van der Waals surface area contributed by atoms with Gasteiger partial charge in [0.15, 0.2) is 0 Å². The lowest BCUT2D eigenvalue weighted by atomic mass is 10.1. The number of aromatic nitrogens is 1. The van der Waals surface area contributed by atoms with Gasteiger partial charge in [0.05, 0.1) is 16.1 Å². The van der Waals surface area contributed by atoms with Crippen LogP contribution in [0.5, 0.6) is 0 Å². The van der Waals surface area contributed by atoms with E-state index in [4.69, 9.17) is 17.3 Å². The van der Waals surface area contributed by atoms with Crippen LogP contribution in [0.25, 0.3) is 0 Å². The van der Waals surface area contributed by atoms with Gasteiger partial charge in [0.2, 0.25) is 0 Å². The number of carbonyl (C=O) groups is 2. The summed E-state index contributed by atoms with van der Waals surface area (Å²) in [5, 5.41) is 6.53. The highest BCUT2D eigenvalue weighted by Crippen LogP contribution is 2.29. The Balaban J connectivity index is 1.41. The fourth-order valence-electron chi connectivity index (χ4n) is 3.29. The normalized spacial score (nSPS) is 10.6. The summed E-state index contributed by atoms with van der Waals surface area (Å²) in [7, 11) is 0. The largest absolute Gasteiger partial charge is 0.348 e. The minimum atomic E-state index is -0.314. The Kier molecular flexibility index (Phi) is 8.15. The lowest BCUT2D eigenvalue weighted by molar-refractivity contribution is 0.0950. The molecule has 0 saturated heterocycles. The van der Waals surface area contributed by atoms with Crippen LogP contribution in [0.15, 0.2) is 101 Å². The van der Waals surface area contributed by atoms with Gasteiger partial charge in [-0.15, -0.1) is 0 Å². The molecule has 0 atom stereocenters. The molecule has 0 radical (unpaired) electrons. The number of hydrogen-bond donors (Lipinski definition) is 3. The molecule has 1 aromatic heterocycles. The molecule has 0 bridgehead atoms. The predicted molar refractivity (Wildman–Crippen MR) is 140 cm³/mol. The molecule has 0 aliphatic rings. The Morgan fingerprint density at radius 2 is 1.60 bits per heavy atom. The van der Waals surface area contributed by atoms with Crippen molar-refractivity contribution in [3.63, 3.8) is 0 Å². The van der Waals surface area contributed by atoms with E-state index < -0.39 is 0 Å². The van der Waals surface area contributed by atoms with Gasteiger partial charge in [-0.25, -0.2) is 4.98 Å². The van der Waals surface area contributed by atoms with E-state index in [0.717, 1.165) is 16.0 Å². The lowest BCUT2D eigenvalue weighted by Crippen LogP contribution is -2.23. The van der Waals surface area contributed by atoms with E-state index >= 15 is 0 Å². The minimum absolute atomic E-state index is 0.240. The van der Waals surface area contributed by atoms with Gasteiger partial charge in [-0.05, 0) is 53.6 Å². The van der Waals surface area contributed by atoms with Crippen LogP contribution in [0.4, 0.5) is 5.69 Å². The fourth-order valence-corrected chi connectivity index (χ4v) is 4.46. The smallest absolute Gasteiger partial charge is 0.258 e. The van der Waals surface area contributed by atoms with Gasteiger partial charge in [0, 0.05) is 29.9 Å². The highest BCUT2D eigenvalue weighted by atomic mass is 35.5. The molecule has 0 spiro atoms. The first-order valence-corrected chi connectivity index (χ1v) is 12.1. The Labute approximate surface area is 212 Å². The number of halogens is 1. The SMILES string of the molecule is NCc1ccc(CNC(=O)c2ccc(NC(=O)c3cccnc3Sc3ccccc3)cc2Cl)cc1. The van der Waals surface area contributed by atoms with E-state index in [1.165, 1.54) is 11.8 Å². The molecule has 0 aliphatic carbocycles. The maximum atomic E-state index is 13.0. The molecule has 4 N–H and O–H groups in total. The van der Waals surface area contributed by atoms with E-state index in [0.29, 0.717) is 34.9 Å². The van der Waals surface area contributed by atoms with Crippen LogP contribution >= 0.6 is 23.4 Å². The van der Waals surface area contributed by atoms with Crippen molar-refractivity contribution < 1.29 is 9.59 Å². The summed E-state index contributed by atoms with van der Waals surface area (Å²) in [6.45, 7) is 0.834. The molecule has 176 valence electrons. The lowest BCUT2D eigenvalue weighted by Gasteiger charge is -2.11. The molecular weight excluding hydrogens is 480 g/mol. The number of nitrogens with one attached hydrogen (secondary N) is 2. The number of amides is 2. The zero-order valence-corrected chi connectivity index (χ0v) is 20.3. The van der Waals surface area contributed by atoms with Gasteiger partial charge in [-0.2, -0.15) is 0 Å². The molecular formula is C27H23ClN4O2S. The van der Waals surface area contributed by atoms with Gasteiger partial charge in [0.25, 0.3) is 11.8 Å². The van der Waals surface area contributed by atoms with Crippen molar-refractivity contribution >= 4 is 40.9 Å². The molecule has 0 saturated carbocycles. The van der Waals surface area contributed by atoms with Crippen LogP contribution < -0.4 is 16.4 Å². The van der Waals surface area contributed by atoms with Crippen LogP contribution in [-0.2, 0) is 13.1 Å². The summed E-state index contributed by atoms with van der Waals surface area (Å²) in [6.07, 6.45) is 1.65. The Bertz CT molecular complexity index is 1330. The van der Waals surface area contributed by atoms with Crippen molar-refractivity contribution in [1.29, 1.82) is 0 Å². The molecule has 1 heterocycles. The number of pyridine rings is 1. The Hall–Kier alpha value is -3.65. The molecule has 0 unspecified atom stereocenters. The van der Waals surface area contributed by atoms with E-state index in [9.17, 15) is 9.59 Å². The number of rotatable bonds is 8. The number of carbonyl (C=O) groups excluding carboxylic acids is 2. The van der Waals surface area contributed by atoms with Gasteiger partial charge in [-0.3, -0.25) is 9.59 Å². The summed E-state index contributed by atoms with van der Waals surface area (Å²) in [5.74, 6) is -0.615. The van der Waals surface area contributed by atoms with Crippen LogP contribution in [-0.4, -0.2) is 16.8 Å². The van der Waals surface area contributed by atoms with E-state index in [1.807, 2.05) is 54.6 Å². The summed E-state index contributed by atoms with van der Waals surface area (Å²) in [4.78, 5) is 30.9. The Morgan fingerprint density at radius 3 is 2.31 bits per heavy atom. The van der Waals surface area contributed by atoms with Crippen molar-refractivity contribution in [3.8, 4) is 0 Å². The molecule has 35 heavy (non-hydrogen) atoms. The van der Waals surface area contributed by atoms with Gasteiger partial charge < -0.3 is 16.4 Å². The second kappa shape index (κ2) is 11.7. The number of nitrogens with zero attached hydrogens (tertiary/aromatic N) is 1. The first kappa shape index (κ1) is 24.5. The maximum absolute atomic E-state index is 13.0. The van der Waals surface area contributed by atoms with E-state index in [-0.39, 0.29) is 16.8 Å². The van der Waals surface area contributed by atoms with Crippen molar-refractivity contribution in [2.75, 3.05) is 5.32 Å². The summed E-state index contributed by atoms with van der Waals surface area (Å²) < 4.78 is 0. The molecule has 0 fully saturated rings. The highest BCUT2D eigenvalue weighted by Gasteiger charge is 2.16. The van der Waals surface area contributed by atoms with Crippen LogP contribution in [0.2, 0.25) is 5.02 Å². The number of anilines is 1. The first-order valence-electron chi connectivity index (χ1n) is 10.9. The van der Waals surface area contributed by atoms with Gasteiger partial charge >= 0.3 is 0 Å². The average molecular weight is 503 g/mol. The predicted octanol–water partition coefficient (Wildman–Crippen LogP) is 5.53. The molecule has 3 aromatic carbocycles. The molecule has 4 rings (SSSR count). The second-order valence-corrected chi connectivity index (χ2v) is 9.09. The van der Waals surface area contributed by atoms with Crippen molar-refractivity contribution in [1.82, 2.24) is 10.3 Å². The first-order chi connectivity index (χ1) is 17.0. The van der Waals surface area contributed by atoms with Crippen molar-refractivity contribution in [2.24, 2.45) is 5.73 Å². The van der Waals surface area contributed by atoms with Crippen molar-refractivity contribution in [2.45, 2.75) is 23.0 Å². The zero-order valence-electron chi connectivity index (χ0n) is 18.7. The summed E-state index contributed by atoms with van der Waals surface area (Å²) in [5.41, 5.74) is 8.84. The maximum Gasteiger partial charge on any atom is 0.258 e. The van der Waals surface area contributed by atoms with Crippen LogP contribution in [0.1, 0.15) is 31.8 Å². The highest BCUT2D eigenvalue weighted by molar-refractivity contribution is 7.99. The monoisotopic (exact) mass is 502 g/mol. The molecule has 8 heteroatoms. The van der Waals surface area contributed by atoms with Crippen LogP contribution in [0.3, 0.4) is 0 Å². The minimum Gasteiger partial charge on any atom is -0.348 e. The number of nitrogens with two attached hydrogens (primary N) is 1. The zero-order chi connectivity index (χ0) is 24.6. The van der Waals surface area contributed by atoms with Crippen molar-refractivity contribution in [3.05, 3.63) is 118 Å². The van der Waals surface area contributed by atoms with E-state index in [2.05, 4.69) is 15.6 Å². The third-order valence-corrected chi connectivity index (χ3v) is 6.50. The number of benzene rings is 3. The van der Waals surface area contributed by atoms with Gasteiger partial charge in [-0.1, -0.05) is 65.8 Å². The quantitative estimate of drug-likeness (QED) is 0.294. The molecule has 0 aliphatic heterocycles. The Morgan fingerprint density at radius 1 is 0.857 bits per heavy atom. The molecule has 2 amide bonds. The molecule has 4 aromatic rings. The second-order valence-electron chi connectivity index (χ2n) is 7.62. The summed E-state index contributed by atoms with van der Waals surface area (Å²) in [6, 6.07) is 25.7.